The molecule has 14 heteroatoms. The average Bonchev–Trinajstić information content (AvgIpc) is 3.38. The second-order valence-electron chi connectivity index (χ2n) is 7.66. The monoisotopic (exact) mass is 529 g/mol. The summed E-state index contributed by atoms with van der Waals surface area (Å²) in [5.74, 6) is -1.17. The molecule has 2 aliphatic rings. The molecule has 1 amide bonds. The maximum Gasteiger partial charge on any atom is 0.420 e. The highest BCUT2D eigenvalue weighted by Gasteiger charge is 2.37. The number of aromatic nitrogens is 2. The Morgan fingerprint density at radius 2 is 1.88 bits per heavy atom. The molecule has 0 fully saturated rings. The van der Waals surface area contributed by atoms with Crippen LogP contribution >= 0.6 is 22.9 Å². The summed E-state index contributed by atoms with van der Waals surface area (Å²) in [6, 6.07) is 4.59. The van der Waals surface area contributed by atoms with Gasteiger partial charge in [-0.05, 0) is 29.3 Å². The number of rotatable bonds is 3. The first-order valence-corrected chi connectivity index (χ1v) is 12.8. The lowest BCUT2D eigenvalue weighted by Crippen LogP contribution is -2.24. The smallest absolute Gasteiger partial charge is 0.350 e. The number of fused-ring (bicyclic) bond motifs is 2. The van der Waals surface area contributed by atoms with Gasteiger partial charge in [-0.1, -0.05) is 11.6 Å². The highest BCUT2D eigenvalue weighted by Crippen LogP contribution is 2.41. The van der Waals surface area contributed by atoms with Crippen LogP contribution in [0.25, 0.3) is 10.6 Å². The molecule has 0 aliphatic carbocycles. The number of alkyl halides is 3. The van der Waals surface area contributed by atoms with E-state index in [4.69, 9.17) is 11.6 Å². The van der Waals surface area contributed by atoms with E-state index >= 15 is 0 Å². The number of hydrogen-bond donors (Lipinski definition) is 3. The number of nitrogens with zero attached hydrogens (tertiary/aromatic N) is 2. The molecular weight excluding hydrogens is 515 g/mol. The SMILES string of the molecule is O=C1NCCS(=O)(=O)c2cc(-c3nc(Nc4cc5c(cc4Cl)CNC5)ncc3C(F)(F)F)sc21. The Kier molecular flexibility index (Phi) is 5.54. The minimum Gasteiger partial charge on any atom is -0.350 e. The molecule has 2 aromatic heterocycles. The number of anilines is 2. The van der Waals surface area contributed by atoms with E-state index in [1.807, 2.05) is 0 Å². The molecule has 1 aromatic carbocycles. The number of amides is 1. The van der Waals surface area contributed by atoms with Crippen LogP contribution in [-0.2, 0) is 29.1 Å². The molecule has 0 atom stereocenters. The van der Waals surface area contributed by atoms with Crippen LogP contribution in [0.4, 0.5) is 24.8 Å². The Balaban J connectivity index is 1.61. The number of carbonyl (C=O) groups excluding carboxylic acids is 1. The summed E-state index contributed by atoms with van der Waals surface area (Å²) in [5.41, 5.74) is 0.724. The molecule has 8 nitrogen and oxygen atoms in total. The van der Waals surface area contributed by atoms with Crippen LogP contribution < -0.4 is 16.0 Å². The quantitative estimate of drug-likeness (QED) is 0.473. The van der Waals surface area contributed by atoms with E-state index in [2.05, 4.69) is 25.9 Å². The van der Waals surface area contributed by atoms with E-state index in [1.165, 1.54) is 0 Å². The second-order valence-corrected chi connectivity index (χ2v) is 11.2. The number of nitrogens with one attached hydrogen (secondary N) is 3. The Hall–Kier alpha value is -2.74. The Labute approximate surface area is 200 Å². The Morgan fingerprint density at radius 3 is 2.62 bits per heavy atom. The van der Waals surface area contributed by atoms with Crippen LogP contribution in [0.1, 0.15) is 26.4 Å². The van der Waals surface area contributed by atoms with Crippen molar-refractivity contribution in [3.63, 3.8) is 0 Å². The van der Waals surface area contributed by atoms with Gasteiger partial charge in [0, 0.05) is 25.8 Å². The normalized spacial score (nSPS) is 17.0. The van der Waals surface area contributed by atoms with E-state index in [1.54, 1.807) is 12.1 Å². The number of hydrogen-bond acceptors (Lipinski definition) is 8. The van der Waals surface area contributed by atoms with E-state index in [0.717, 1.165) is 17.2 Å². The predicted molar refractivity (Wildman–Crippen MR) is 120 cm³/mol. The lowest BCUT2D eigenvalue weighted by Gasteiger charge is -2.14. The van der Waals surface area contributed by atoms with Gasteiger partial charge in [0.05, 0.1) is 31.9 Å². The molecule has 0 spiro atoms. The van der Waals surface area contributed by atoms with Gasteiger partial charge in [0.2, 0.25) is 5.95 Å². The first-order valence-electron chi connectivity index (χ1n) is 9.91. The number of sulfone groups is 1. The van der Waals surface area contributed by atoms with E-state index in [-0.39, 0.29) is 32.9 Å². The van der Waals surface area contributed by atoms with Crippen molar-refractivity contribution in [2.45, 2.75) is 24.2 Å². The summed E-state index contributed by atoms with van der Waals surface area (Å²) in [4.78, 5) is 19.5. The maximum absolute atomic E-state index is 13.8. The van der Waals surface area contributed by atoms with Crippen molar-refractivity contribution < 1.29 is 26.4 Å². The van der Waals surface area contributed by atoms with Crippen LogP contribution in [0.15, 0.2) is 29.3 Å². The highest BCUT2D eigenvalue weighted by atomic mass is 35.5. The molecule has 3 N–H and O–H groups in total. The summed E-state index contributed by atoms with van der Waals surface area (Å²) in [5, 5.41) is 8.81. The van der Waals surface area contributed by atoms with Crippen molar-refractivity contribution in [2.75, 3.05) is 17.6 Å². The fourth-order valence-corrected chi connectivity index (χ4v) is 6.79. The van der Waals surface area contributed by atoms with Gasteiger partial charge in [-0.15, -0.1) is 11.3 Å². The summed E-state index contributed by atoms with van der Waals surface area (Å²) >= 11 is 6.95. The van der Waals surface area contributed by atoms with Gasteiger partial charge in [0.25, 0.3) is 5.91 Å². The molecule has 3 aromatic rings. The molecular formula is C20H15ClF3N5O3S2. The van der Waals surface area contributed by atoms with Gasteiger partial charge in [0.1, 0.15) is 10.4 Å². The number of thiophene rings is 1. The largest absolute Gasteiger partial charge is 0.420 e. The fourth-order valence-electron chi connectivity index (χ4n) is 3.74. The van der Waals surface area contributed by atoms with Crippen molar-refractivity contribution >= 4 is 50.3 Å². The zero-order valence-corrected chi connectivity index (χ0v) is 19.5. The summed E-state index contributed by atoms with van der Waals surface area (Å²) < 4.78 is 66.3. The maximum atomic E-state index is 13.8. The minimum absolute atomic E-state index is 0.0790. The van der Waals surface area contributed by atoms with E-state index in [9.17, 15) is 26.4 Å². The Morgan fingerprint density at radius 1 is 1.15 bits per heavy atom. The van der Waals surface area contributed by atoms with Crippen LogP contribution in [0.5, 0.6) is 0 Å². The molecule has 5 rings (SSSR count). The lowest BCUT2D eigenvalue weighted by atomic mass is 10.1. The van der Waals surface area contributed by atoms with Gasteiger partial charge in [0.15, 0.2) is 9.84 Å². The predicted octanol–water partition coefficient (Wildman–Crippen LogP) is 3.74. The molecule has 0 unspecified atom stereocenters. The minimum atomic E-state index is -4.81. The van der Waals surface area contributed by atoms with Gasteiger partial charge in [-0.25, -0.2) is 18.4 Å². The van der Waals surface area contributed by atoms with Crippen LogP contribution in [0.3, 0.4) is 0 Å². The van der Waals surface area contributed by atoms with Crippen LogP contribution in [0, 0.1) is 0 Å². The van der Waals surface area contributed by atoms with Crippen molar-refractivity contribution in [1.82, 2.24) is 20.6 Å². The van der Waals surface area contributed by atoms with Gasteiger partial charge < -0.3 is 16.0 Å². The van der Waals surface area contributed by atoms with E-state index < -0.39 is 33.2 Å². The average molecular weight is 530 g/mol. The summed E-state index contributed by atoms with van der Waals surface area (Å²) in [7, 11) is -3.85. The first kappa shape index (κ1) is 23.0. The van der Waals surface area contributed by atoms with Crippen molar-refractivity contribution in [3.05, 3.63) is 51.0 Å². The van der Waals surface area contributed by atoms with Crippen LogP contribution in [0.2, 0.25) is 5.02 Å². The van der Waals surface area contributed by atoms with Gasteiger partial charge >= 0.3 is 6.18 Å². The number of benzene rings is 1. The van der Waals surface area contributed by atoms with Crippen molar-refractivity contribution in [1.29, 1.82) is 0 Å². The molecule has 2 aliphatic heterocycles. The van der Waals surface area contributed by atoms with E-state index in [0.29, 0.717) is 41.3 Å². The zero-order valence-electron chi connectivity index (χ0n) is 17.1. The zero-order chi connectivity index (χ0) is 24.3. The molecule has 0 bridgehead atoms. The molecule has 0 saturated heterocycles. The number of halogens is 4. The molecule has 178 valence electrons. The first-order chi connectivity index (χ1) is 16.0. The third-order valence-corrected chi connectivity index (χ3v) is 8.71. The molecule has 4 heterocycles. The Bertz CT molecular complexity index is 1440. The third kappa shape index (κ3) is 4.13. The van der Waals surface area contributed by atoms with Crippen LogP contribution in [-0.4, -0.2) is 36.6 Å². The third-order valence-electron chi connectivity index (χ3n) is 5.39. The standard InChI is InChI=1S/C20H15ClF3N5O3S2/c21-12-3-9-6-25-7-10(9)4-13(12)28-19-27-8-11(20(22,23)24)16(29-19)14-5-15-17(33-14)18(30)26-1-2-34(15,31)32/h3-5,8,25H,1-2,6-7H2,(H,26,30)(H,27,28,29). The second kappa shape index (κ2) is 8.18. The van der Waals surface area contributed by atoms with Gasteiger partial charge in [-0.3, -0.25) is 4.79 Å². The summed E-state index contributed by atoms with van der Waals surface area (Å²) in [6.07, 6.45) is -4.19. The summed E-state index contributed by atoms with van der Waals surface area (Å²) in [6.45, 7) is 1.21. The molecule has 34 heavy (non-hydrogen) atoms. The van der Waals surface area contributed by atoms with Crippen molar-refractivity contribution in [3.8, 4) is 10.6 Å². The highest BCUT2D eigenvalue weighted by molar-refractivity contribution is 7.91. The van der Waals surface area contributed by atoms with Gasteiger partial charge in [-0.2, -0.15) is 13.2 Å². The number of carbonyl (C=O) groups is 1. The topological polar surface area (TPSA) is 113 Å². The lowest BCUT2D eigenvalue weighted by molar-refractivity contribution is -0.137. The van der Waals surface area contributed by atoms with Crippen molar-refractivity contribution in [2.24, 2.45) is 0 Å². The fraction of sp³-hybridized carbons (Fsp3) is 0.250. The molecule has 0 radical (unpaired) electrons. The molecule has 0 saturated carbocycles.